The Morgan fingerprint density at radius 1 is 1.18 bits per heavy atom. The smallest absolute Gasteiger partial charge is 0.162 e. The van der Waals surface area contributed by atoms with Gasteiger partial charge in [0, 0.05) is 6.54 Å². The molecule has 1 aromatic carbocycles. The molecule has 2 rings (SSSR count). The fourth-order valence-corrected chi connectivity index (χ4v) is 1.66. The maximum absolute atomic E-state index is 9.14. The molecule has 96 valence electrons. The van der Waals surface area contributed by atoms with Gasteiger partial charge in [0.2, 0.25) is 0 Å². The van der Waals surface area contributed by atoms with Crippen LogP contribution in [0, 0.1) is 0 Å². The van der Waals surface area contributed by atoms with Crippen LogP contribution in [-0.4, -0.2) is 29.5 Å². The van der Waals surface area contributed by atoms with E-state index in [-0.39, 0.29) is 31.7 Å². The lowest BCUT2D eigenvalue weighted by atomic mass is 10.1. The molecule has 0 saturated carbocycles. The van der Waals surface area contributed by atoms with Gasteiger partial charge in [0.25, 0.3) is 0 Å². The lowest BCUT2D eigenvalue weighted by Crippen LogP contribution is -2.35. The monoisotopic (exact) mass is 261 g/mol. The standard InChI is InChI=1S/C11H15NO4.ClH/c12-3-9-6-15-10-1-7(4-13)8(5-14)2-11(10)16-9;/h1-2,9,13-14H,3-6,12H2;1H/t9-;/m1./s1. The van der Waals surface area contributed by atoms with Crippen LogP contribution in [0.3, 0.4) is 0 Å². The Morgan fingerprint density at radius 3 is 2.29 bits per heavy atom. The van der Waals surface area contributed by atoms with Crippen molar-refractivity contribution in [2.45, 2.75) is 19.3 Å². The minimum atomic E-state index is -0.154. The molecule has 1 atom stereocenters. The maximum Gasteiger partial charge on any atom is 0.162 e. The number of rotatable bonds is 3. The Balaban J connectivity index is 0.00000144. The number of hydrogen-bond acceptors (Lipinski definition) is 5. The van der Waals surface area contributed by atoms with Gasteiger partial charge >= 0.3 is 0 Å². The summed E-state index contributed by atoms with van der Waals surface area (Å²) in [6.07, 6.45) is -0.154. The van der Waals surface area contributed by atoms with Crippen LogP contribution in [0.25, 0.3) is 0 Å². The van der Waals surface area contributed by atoms with Gasteiger partial charge in [-0.25, -0.2) is 0 Å². The lowest BCUT2D eigenvalue weighted by molar-refractivity contribution is 0.0960. The fraction of sp³-hybridized carbons (Fsp3) is 0.455. The molecule has 1 aromatic rings. The summed E-state index contributed by atoms with van der Waals surface area (Å²) in [7, 11) is 0. The third-order valence-corrected chi connectivity index (χ3v) is 2.59. The molecule has 0 fully saturated rings. The first kappa shape index (κ1) is 14.1. The van der Waals surface area contributed by atoms with Crippen LogP contribution in [0.1, 0.15) is 11.1 Å². The minimum absolute atomic E-state index is 0. The van der Waals surface area contributed by atoms with Gasteiger partial charge in [-0.2, -0.15) is 0 Å². The highest BCUT2D eigenvalue weighted by molar-refractivity contribution is 5.85. The first-order chi connectivity index (χ1) is 7.78. The van der Waals surface area contributed by atoms with Gasteiger partial charge in [0.05, 0.1) is 13.2 Å². The molecule has 4 N–H and O–H groups in total. The van der Waals surface area contributed by atoms with Crippen LogP contribution in [0.5, 0.6) is 11.5 Å². The molecule has 0 aromatic heterocycles. The molecule has 0 spiro atoms. The third kappa shape index (κ3) is 2.81. The number of benzene rings is 1. The zero-order valence-electron chi connectivity index (χ0n) is 9.26. The summed E-state index contributed by atoms with van der Waals surface area (Å²) in [5.74, 6) is 1.16. The first-order valence-corrected chi connectivity index (χ1v) is 5.15. The molecule has 5 nitrogen and oxygen atoms in total. The van der Waals surface area contributed by atoms with E-state index in [1.54, 1.807) is 12.1 Å². The van der Waals surface area contributed by atoms with Crippen molar-refractivity contribution in [3.05, 3.63) is 23.3 Å². The Labute approximate surface area is 106 Å². The summed E-state index contributed by atoms with van der Waals surface area (Å²) >= 11 is 0. The number of aliphatic hydroxyl groups excluding tert-OH is 2. The van der Waals surface area contributed by atoms with Crippen molar-refractivity contribution in [3.8, 4) is 11.5 Å². The zero-order valence-corrected chi connectivity index (χ0v) is 10.1. The third-order valence-electron chi connectivity index (χ3n) is 2.59. The predicted molar refractivity (Wildman–Crippen MR) is 64.5 cm³/mol. The van der Waals surface area contributed by atoms with E-state index in [0.717, 1.165) is 0 Å². The average Bonchev–Trinajstić information content (AvgIpc) is 2.36. The summed E-state index contributed by atoms with van der Waals surface area (Å²) in [5.41, 5.74) is 6.78. The number of aliphatic hydroxyl groups is 2. The molecular formula is C11H16ClNO4. The van der Waals surface area contributed by atoms with Crippen molar-refractivity contribution >= 4 is 12.4 Å². The van der Waals surface area contributed by atoms with Crippen LogP contribution in [0.2, 0.25) is 0 Å². The second kappa shape index (κ2) is 6.07. The molecule has 1 heterocycles. The Hall–Kier alpha value is -1.01. The second-order valence-corrected chi connectivity index (χ2v) is 3.67. The van der Waals surface area contributed by atoms with Gasteiger partial charge in [-0.3, -0.25) is 0 Å². The van der Waals surface area contributed by atoms with E-state index >= 15 is 0 Å². The summed E-state index contributed by atoms with van der Waals surface area (Å²) in [6.45, 7) is 0.523. The predicted octanol–water partition coefficient (Wildman–Crippen LogP) is 0.191. The zero-order chi connectivity index (χ0) is 11.5. The second-order valence-electron chi connectivity index (χ2n) is 3.67. The van der Waals surface area contributed by atoms with Gasteiger partial charge in [-0.1, -0.05) is 0 Å². The van der Waals surface area contributed by atoms with Crippen molar-refractivity contribution in [2.75, 3.05) is 13.2 Å². The normalized spacial score (nSPS) is 17.5. The number of halogens is 1. The van der Waals surface area contributed by atoms with E-state index in [1.165, 1.54) is 0 Å². The van der Waals surface area contributed by atoms with Crippen LogP contribution in [0.15, 0.2) is 12.1 Å². The minimum Gasteiger partial charge on any atom is -0.486 e. The topological polar surface area (TPSA) is 84.9 Å². The van der Waals surface area contributed by atoms with Crippen LogP contribution >= 0.6 is 12.4 Å². The van der Waals surface area contributed by atoms with E-state index < -0.39 is 0 Å². The van der Waals surface area contributed by atoms with Crippen molar-refractivity contribution < 1.29 is 19.7 Å². The lowest BCUT2D eigenvalue weighted by Gasteiger charge is -2.26. The number of fused-ring (bicyclic) bond motifs is 1. The van der Waals surface area contributed by atoms with Gasteiger partial charge in [-0.15, -0.1) is 12.4 Å². The molecule has 0 saturated heterocycles. The molecule has 1 aliphatic heterocycles. The fourth-order valence-electron chi connectivity index (χ4n) is 1.66. The highest BCUT2D eigenvalue weighted by Gasteiger charge is 2.21. The van der Waals surface area contributed by atoms with E-state index in [0.29, 0.717) is 35.8 Å². The molecule has 0 bridgehead atoms. The van der Waals surface area contributed by atoms with Crippen molar-refractivity contribution in [1.29, 1.82) is 0 Å². The Kier molecular flexibility index (Phi) is 5.02. The number of hydrogen-bond donors (Lipinski definition) is 3. The Bertz CT molecular complexity index is 386. The molecule has 17 heavy (non-hydrogen) atoms. The van der Waals surface area contributed by atoms with Crippen LogP contribution < -0.4 is 15.2 Å². The Morgan fingerprint density at radius 2 is 1.76 bits per heavy atom. The van der Waals surface area contributed by atoms with E-state index in [1.807, 2.05) is 0 Å². The first-order valence-electron chi connectivity index (χ1n) is 5.15. The van der Waals surface area contributed by atoms with Crippen molar-refractivity contribution in [1.82, 2.24) is 0 Å². The highest BCUT2D eigenvalue weighted by Crippen LogP contribution is 2.34. The average molecular weight is 262 g/mol. The summed E-state index contributed by atoms with van der Waals surface area (Å²) in [4.78, 5) is 0. The summed E-state index contributed by atoms with van der Waals surface area (Å²) < 4.78 is 11.1. The number of ether oxygens (including phenoxy) is 2. The molecule has 0 radical (unpaired) electrons. The van der Waals surface area contributed by atoms with Crippen molar-refractivity contribution in [2.24, 2.45) is 5.73 Å². The van der Waals surface area contributed by atoms with Crippen molar-refractivity contribution in [3.63, 3.8) is 0 Å². The molecule has 1 aliphatic rings. The highest BCUT2D eigenvalue weighted by atomic mass is 35.5. The van der Waals surface area contributed by atoms with Crippen LogP contribution in [-0.2, 0) is 13.2 Å². The molecule has 0 aliphatic carbocycles. The molecule has 6 heteroatoms. The van der Waals surface area contributed by atoms with Crippen LogP contribution in [0.4, 0.5) is 0 Å². The largest absolute Gasteiger partial charge is 0.486 e. The van der Waals surface area contributed by atoms with Gasteiger partial charge in [0.1, 0.15) is 12.7 Å². The van der Waals surface area contributed by atoms with Gasteiger partial charge < -0.3 is 25.4 Å². The quantitative estimate of drug-likeness (QED) is 0.723. The van der Waals surface area contributed by atoms with Gasteiger partial charge in [0.15, 0.2) is 11.5 Å². The van der Waals surface area contributed by atoms with Gasteiger partial charge in [-0.05, 0) is 23.3 Å². The van der Waals surface area contributed by atoms with E-state index in [9.17, 15) is 0 Å². The summed E-state index contributed by atoms with van der Waals surface area (Å²) in [5, 5.41) is 18.3. The molecular weight excluding hydrogens is 246 g/mol. The molecule has 0 unspecified atom stereocenters. The maximum atomic E-state index is 9.14. The SMILES string of the molecule is Cl.NC[C@@H]1COc2cc(CO)c(CO)cc2O1. The van der Waals surface area contributed by atoms with E-state index in [4.69, 9.17) is 25.4 Å². The number of nitrogens with two attached hydrogens (primary N) is 1. The van der Waals surface area contributed by atoms with E-state index in [2.05, 4.69) is 0 Å². The molecule has 0 amide bonds. The summed E-state index contributed by atoms with van der Waals surface area (Å²) in [6, 6.07) is 3.37.